The molecule has 2 aromatic rings. The molecular formula is C24H21FN2O7. The number of nitrogens with two attached hydrogens (primary N) is 1. The van der Waals surface area contributed by atoms with Crippen molar-refractivity contribution in [2.24, 2.45) is 23.5 Å². The SMILES string of the molecule is NC(=O)C1C(=O)[C@@]2(O)C(=O)C3=C(O)c4c(O)ccc(-c5ccc(F)nc5)c4C[C@H]3C[C@H]2CC1O. The standard InChI is InChI=1S/C24H21FN2O7/c25-16-4-1-9(8-27-16)12-2-3-14(28)18-13(12)6-10-5-11-7-15(29)19(23(26)33)22(32)24(11,34)21(31)17(10)20(18)30/h1-4,8,10-11,15,19,28-30,34H,5-7H2,(H2,26,33)/t10-,11+,15?,19?,24+/m1/s1. The highest BCUT2D eigenvalue weighted by molar-refractivity contribution is 6.24. The fraction of sp³-hybridized carbons (Fsp3) is 0.333. The Morgan fingerprint density at radius 1 is 1.15 bits per heavy atom. The minimum atomic E-state index is -2.62. The van der Waals surface area contributed by atoms with E-state index in [-0.39, 0.29) is 36.1 Å². The van der Waals surface area contributed by atoms with Crippen molar-refractivity contribution in [1.29, 1.82) is 0 Å². The molecular weight excluding hydrogens is 447 g/mol. The molecule has 1 aromatic carbocycles. The van der Waals surface area contributed by atoms with Crippen LogP contribution in [0.1, 0.15) is 24.0 Å². The lowest BCUT2D eigenvalue weighted by atomic mass is 9.56. The topological polar surface area (TPSA) is 171 Å². The summed E-state index contributed by atoms with van der Waals surface area (Å²) in [5, 5.41) is 43.2. The molecule has 0 bridgehead atoms. The van der Waals surface area contributed by atoms with Crippen LogP contribution < -0.4 is 5.73 Å². The fourth-order valence-electron chi connectivity index (χ4n) is 5.73. The number of ketones is 2. The van der Waals surface area contributed by atoms with Gasteiger partial charge in [-0.3, -0.25) is 14.4 Å². The van der Waals surface area contributed by atoms with Crippen molar-refractivity contribution in [2.45, 2.75) is 31.0 Å². The number of hydrogen-bond acceptors (Lipinski definition) is 8. The van der Waals surface area contributed by atoms with Crippen molar-refractivity contribution in [3.8, 4) is 16.9 Å². The number of phenolic OH excluding ortho intramolecular Hbond substituents is 1. The van der Waals surface area contributed by atoms with Gasteiger partial charge in [-0.15, -0.1) is 0 Å². The molecule has 10 heteroatoms. The van der Waals surface area contributed by atoms with Gasteiger partial charge in [0, 0.05) is 23.3 Å². The normalized spacial score (nSPS) is 30.4. The van der Waals surface area contributed by atoms with E-state index in [2.05, 4.69) is 4.98 Å². The summed E-state index contributed by atoms with van der Waals surface area (Å²) < 4.78 is 13.3. The van der Waals surface area contributed by atoms with Gasteiger partial charge in [-0.05, 0) is 54.5 Å². The maximum atomic E-state index is 13.5. The maximum Gasteiger partial charge on any atom is 0.230 e. The Morgan fingerprint density at radius 3 is 2.53 bits per heavy atom. The number of rotatable bonds is 2. The summed E-state index contributed by atoms with van der Waals surface area (Å²) in [5.74, 6) is -8.34. The zero-order valence-corrected chi connectivity index (χ0v) is 17.7. The molecule has 2 unspecified atom stereocenters. The molecule has 6 N–H and O–H groups in total. The Hall–Kier alpha value is -3.63. The number of nitrogens with zero attached hydrogens (tertiary/aromatic N) is 1. The van der Waals surface area contributed by atoms with Gasteiger partial charge in [0.1, 0.15) is 17.4 Å². The molecule has 1 heterocycles. The first-order valence-electron chi connectivity index (χ1n) is 10.7. The van der Waals surface area contributed by atoms with Crippen molar-refractivity contribution in [3.05, 3.63) is 53.1 Å². The zero-order valence-electron chi connectivity index (χ0n) is 17.7. The van der Waals surface area contributed by atoms with Crippen LogP contribution in [-0.4, -0.2) is 54.6 Å². The lowest BCUT2D eigenvalue weighted by molar-refractivity contribution is -0.174. The van der Waals surface area contributed by atoms with Gasteiger partial charge in [-0.2, -0.15) is 4.39 Å². The quantitative estimate of drug-likeness (QED) is 0.318. The molecule has 0 saturated heterocycles. The number of fused-ring (bicyclic) bond motifs is 3. The molecule has 1 aromatic heterocycles. The van der Waals surface area contributed by atoms with Crippen LogP contribution in [0.3, 0.4) is 0 Å². The molecule has 1 amide bonds. The van der Waals surface area contributed by atoms with Crippen molar-refractivity contribution < 1.29 is 39.2 Å². The van der Waals surface area contributed by atoms with E-state index in [0.29, 0.717) is 16.7 Å². The number of hydrogen-bond donors (Lipinski definition) is 5. The molecule has 3 aliphatic carbocycles. The average molecular weight is 468 g/mol. The largest absolute Gasteiger partial charge is 0.507 e. The zero-order chi connectivity index (χ0) is 24.5. The van der Waals surface area contributed by atoms with Crippen molar-refractivity contribution in [2.75, 3.05) is 0 Å². The molecule has 0 aliphatic heterocycles. The third-order valence-electron chi connectivity index (χ3n) is 7.31. The minimum absolute atomic E-state index is 0.0294. The Labute approximate surface area is 192 Å². The van der Waals surface area contributed by atoms with Gasteiger partial charge in [0.15, 0.2) is 11.4 Å². The number of aromatic hydroxyl groups is 1. The highest BCUT2D eigenvalue weighted by Crippen LogP contribution is 2.52. The smallest absolute Gasteiger partial charge is 0.230 e. The predicted octanol–water partition coefficient (Wildman–Crippen LogP) is 0.790. The van der Waals surface area contributed by atoms with Crippen LogP contribution in [0.5, 0.6) is 5.75 Å². The summed E-state index contributed by atoms with van der Waals surface area (Å²) in [5.41, 5.74) is 3.95. The van der Waals surface area contributed by atoms with Crippen LogP contribution >= 0.6 is 0 Å². The molecule has 176 valence electrons. The highest BCUT2D eigenvalue weighted by Gasteiger charge is 2.63. The lowest BCUT2D eigenvalue weighted by Gasteiger charge is -2.48. The fourth-order valence-corrected chi connectivity index (χ4v) is 5.73. The first-order chi connectivity index (χ1) is 16.1. The van der Waals surface area contributed by atoms with E-state index in [1.807, 2.05) is 0 Å². The van der Waals surface area contributed by atoms with Gasteiger partial charge < -0.3 is 26.2 Å². The van der Waals surface area contributed by atoms with Crippen molar-refractivity contribution in [3.63, 3.8) is 0 Å². The Balaban J connectivity index is 1.66. The third kappa shape index (κ3) is 2.92. The lowest BCUT2D eigenvalue weighted by Crippen LogP contribution is -2.66. The minimum Gasteiger partial charge on any atom is -0.507 e. The molecule has 2 saturated carbocycles. The second-order valence-electron chi connectivity index (χ2n) is 9.09. The van der Waals surface area contributed by atoms with Crippen molar-refractivity contribution >= 4 is 23.2 Å². The monoisotopic (exact) mass is 468 g/mol. The molecule has 2 fully saturated rings. The number of phenols is 1. The Morgan fingerprint density at radius 2 is 1.88 bits per heavy atom. The van der Waals surface area contributed by atoms with E-state index in [9.17, 15) is 39.2 Å². The summed E-state index contributed by atoms with van der Waals surface area (Å²) in [6, 6.07) is 5.57. The highest BCUT2D eigenvalue weighted by atomic mass is 19.1. The Kier molecular flexibility index (Phi) is 4.85. The Bertz CT molecular complexity index is 1290. The average Bonchev–Trinajstić information content (AvgIpc) is 2.77. The number of carbonyl (C=O) groups is 3. The van der Waals surface area contributed by atoms with Crippen LogP contribution in [-0.2, 0) is 20.8 Å². The van der Waals surface area contributed by atoms with E-state index in [1.165, 1.54) is 24.4 Å². The summed E-state index contributed by atoms with van der Waals surface area (Å²) >= 11 is 0. The maximum absolute atomic E-state index is 13.5. The molecule has 34 heavy (non-hydrogen) atoms. The van der Waals surface area contributed by atoms with Gasteiger partial charge in [-0.25, -0.2) is 4.98 Å². The van der Waals surface area contributed by atoms with Gasteiger partial charge in [0.2, 0.25) is 17.6 Å². The number of primary amides is 1. The number of aliphatic hydroxyl groups is 3. The van der Waals surface area contributed by atoms with Crippen LogP contribution in [0.15, 0.2) is 36.0 Å². The molecule has 9 nitrogen and oxygen atoms in total. The van der Waals surface area contributed by atoms with E-state index in [4.69, 9.17) is 5.73 Å². The second kappa shape index (κ2) is 7.44. The molecule has 0 radical (unpaired) electrons. The van der Waals surface area contributed by atoms with Crippen LogP contribution in [0.25, 0.3) is 16.9 Å². The van der Waals surface area contributed by atoms with Crippen LogP contribution in [0, 0.1) is 23.7 Å². The van der Waals surface area contributed by atoms with Gasteiger partial charge in [0.25, 0.3) is 0 Å². The number of aromatic nitrogens is 1. The number of halogens is 1. The van der Waals surface area contributed by atoms with Crippen molar-refractivity contribution in [1.82, 2.24) is 4.98 Å². The summed E-state index contributed by atoms with van der Waals surface area (Å²) in [6.07, 6.45) is -0.108. The third-order valence-corrected chi connectivity index (χ3v) is 7.31. The number of carbonyl (C=O) groups excluding carboxylic acids is 3. The summed E-state index contributed by atoms with van der Waals surface area (Å²) in [4.78, 5) is 41.8. The van der Waals surface area contributed by atoms with Crippen LogP contribution in [0.2, 0.25) is 0 Å². The first-order valence-corrected chi connectivity index (χ1v) is 10.7. The molecule has 0 spiro atoms. The van der Waals surface area contributed by atoms with Crippen LogP contribution in [0.4, 0.5) is 4.39 Å². The van der Waals surface area contributed by atoms with Gasteiger partial charge >= 0.3 is 0 Å². The predicted molar refractivity (Wildman–Crippen MR) is 114 cm³/mol. The number of pyridine rings is 1. The van der Waals surface area contributed by atoms with E-state index >= 15 is 0 Å². The summed E-state index contributed by atoms with van der Waals surface area (Å²) in [7, 11) is 0. The van der Waals surface area contributed by atoms with E-state index in [0.717, 1.165) is 0 Å². The second-order valence-corrected chi connectivity index (χ2v) is 9.09. The number of benzene rings is 1. The molecule has 3 aliphatic rings. The number of Topliss-reactive ketones (excluding diaryl/α,β-unsaturated/α-hetero) is 2. The number of aliphatic hydroxyl groups excluding tert-OH is 2. The summed E-state index contributed by atoms with van der Waals surface area (Å²) in [6.45, 7) is 0. The first kappa shape index (κ1) is 22.2. The number of amides is 1. The van der Waals surface area contributed by atoms with E-state index < -0.39 is 58.6 Å². The molecule has 5 rings (SSSR count). The molecule has 5 atom stereocenters. The van der Waals surface area contributed by atoms with Gasteiger partial charge in [-0.1, -0.05) is 6.07 Å². The van der Waals surface area contributed by atoms with E-state index in [1.54, 1.807) is 6.07 Å². The van der Waals surface area contributed by atoms with Gasteiger partial charge in [0.05, 0.1) is 11.7 Å².